The van der Waals surface area contributed by atoms with Crippen LogP contribution in [0.3, 0.4) is 0 Å². The molecule has 0 aliphatic rings. The Labute approximate surface area is 137 Å². The van der Waals surface area contributed by atoms with Crippen molar-refractivity contribution in [3.63, 3.8) is 0 Å². The van der Waals surface area contributed by atoms with Crippen molar-refractivity contribution < 1.29 is 23.4 Å². The molecule has 2 rings (SSSR count). The van der Waals surface area contributed by atoms with Crippen molar-refractivity contribution in [2.24, 2.45) is 0 Å². The smallest absolute Gasteiger partial charge is 0.342 e. The van der Waals surface area contributed by atoms with E-state index in [1.807, 2.05) is 0 Å². The molecule has 7 heteroatoms. The Bertz CT molecular complexity index is 708. The molecule has 122 valence electrons. The summed E-state index contributed by atoms with van der Waals surface area (Å²) < 4.78 is 28.7. The molecule has 0 radical (unpaired) electrons. The number of ether oxygens (including phenoxy) is 3. The Morgan fingerprint density at radius 1 is 1.22 bits per heavy atom. The highest BCUT2D eigenvalue weighted by molar-refractivity contribution is 6.33. The van der Waals surface area contributed by atoms with Crippen molar-refractivity contribution >= 4 is 23.3 Å². The highest BCUT2D eigenvalue weighted by atomic mass is 35.5. The fourth-order valence-corrected chi connectivity index (χ4v) is 1.99. The maximum Gasteiger partial charge on any atom is 0.342 e. The number of methoxy groups -OCH3 is 1. The zero-order chi connectivity index (χ0) is 16.8. The summed E-state index contributed by atoms with van der Waals surface area (Å²) in [6.45, 7) is -0.0456. The number of nitrogens with two attached hydrogens (primary N) is 1. The molecule has 0 atom stereocenters. The molecule has 2 aromatic carbocycles. The van der Waals surface area contributed by atoms with E-state index in [-0.39, 0.29) is 35.3 Å². The molecule has 0 aliphatic heterocycles. The Balaban J connectivity index is 1.93. The van der Waals surface area contributed by atoms with E-state index in [9.17, 15) is 9.18 Å². The quantitative estimate of drug-likeness (QED) is 0.496. The summed E-state index contributed by atoms with van der Waals surface area (Å²) in [6, 6.07) is 8.78. The molecule has 5 nitrogen and oxygen atoms in total. The van der Waals surface area contributed by atoms with Gasteiger partial charge in [0.2, 0.25) is 0 Å². The lowest BCUT2D eigenvalue weighted by atomic mass is 10.2. The third-order valence-electron chi connectivity index (χ3n) is 2.95. The summed E-state index contributed by atoms with van der Waals surface area (Å²) in [7, 11) is 1.40. The van der Waals surface area contributed by atoms with E-state index in [4.69, 9.17) is 31.5 Å². The normalized spacial score (nSPS) is 10.2. The number of anilines is 1. The number of esters is 1. The first-order valence-electron chi connectivity index (χ1n) is 6.70. The van der Waals surface area contributed by atoms with Crippen LogP contribution in [0.1, 0.15) is 10.4 Å². The van der Waals surface area contributed by atoms with Crippen LogP contribution < -0.4 is 15.2 Å². The number of nitrogen functional groups attached to an aromatic ring is 1. The van der Waals surface area contributed by atoms with Crippen LogP contribution >= 0.6 is 11.6 Å². The monoisotopic (exact) mass is 339 g/mol. The van der Waals surface area contributed by atoms with Crippen LogP contribution in [0.4, 0.5) is 10.1 Å². The molecule has 0 saturated carbocycles. The topological polar surface area (TPSA) is 70.8 Å². The molecular weight excluding hydrogens is 325 g/mol. The van der Waals surface area contributed by atoms with Crippen molar-refractivity contribution in [1.29, 1.82) is 0 Å². The Kier molecular flexibility index (Phi) is 5.65. The molecule has 0 bridgehead atoms. The van der Waals surface area contributed by atoms with E-state index < -0.39 is 11.8 Å². The number of benzene rings is 2. The minimum atomic E-state index is -0.638. The molecule has 0 saturated heterocycles. The van der Waals surface area contributed by atoms with E-state index in [1.54, 1.807) is 12.1 Å². The molecule has 0 unspecified atom stereocenters. The second-order valence-corrected chi connectivity index (χ2v) is 4.90. The molecule has 0 heterocycles. The Morgan fingerprint density at radius 2 is 1.96 bits per heavy atom. The van der Waals surface area contributed by atoms with E-state index >= 15 is 0 Å². The van der Waals surface area contributed by atoms with Gasteiger partial charge in [-0.3, -0.25) is 0 Å². The molecule has 23 heavy (non-hydrogen) atoms. The average Bonchev–Trinajstić information content (AvgIpc) is 2.55. The van der Waals surface area contributed by atoms with Gasteiger partial charge in [0.25, 0.3) is 0 Å². The van der Waals surface area contributed by atoms with E-state index in [0.717, 1.165) is 0 Å². The summed E-state index contributed by atoms with van der Waals surface area (Å²) >= 11 is 5.89. The Morgan fingerprint density at radius 3 is 2.65 bits per heavy atom. The first-order chi connectivity index (χ1) is 11.0. The second kappa shape index (κ2) is 7.69. The molecule has 2 aromatic rings. The van der Waals surface area contributed by atoms with Crippen LogP contribution in [0.5, 0.6) is 11.5 Å². The summed E-state index contributed by atoms with van der Waals surface area (Å²) in [4.78, 5) is 12.0. The first kappa shape index (κ1) is 16.9. The summed E-state index contributed by atoms with van der Waals surface area (Å²) in [5.41, 5.74) is 6.09. The van der Waals surface area contributed by atoms with Crippen LogP contribution in [0, 0.1) is 5.82 Å². The number of para-hydroxylation sites is 1. The number of halogens is 2. The molecule has 0 spiro atoms. The van der Waals surface area contributed by atoms with Crippen LogP contribution in [0.25, 0.3) is 0 Å². The van der Waals surface area contributed by atoms with Gasteiger partial charge in [0.05, 0.1) is 17.8 Å². The molecule has 0 fully saturated rings. The lowest BCUT2D eigenvalue weighted by molar-refractivity contribution is 0.0445. The van der Waals surface area contributed by atoms with E-state index in [0.29, 0.717) is 5.69 Å². The molecule has 2 N–H and O–H groups in total. The van der Waals surface area contributed by atoms with Gasteiger partial charge in [0.1, 0.15) is 24.5 Å². The highest BCUT2D eigenvalue weighted by Gasteiger charge is 2.16. The number of carbonyl (C=O) groups excluding carboxylic acids is 1. The van der Waals surface area contributed by atoms with Gasteiger partial charge in [0.15, 0.2) is 11.6 Å². The summed E-state index contributed by atoms with van der Waals surface area (Å²) in [5.74, 6) is -0.768. The minimum absolute atomic E-state index is 0.0116. The predicted molar refractivity (Wildman–Crippen MR) is 84.6 cm³/mol. The van der Waals surface area contributed by atoms with Crippen molar-refractivity contribution in [2.45, 2.75) is 0 Å². The van der Waals surface area contributed by atoms with Crippen molar-refractivity contribution in [1.82, 2.24) is 0 Å². The molecule has 0 aromatic heterocycles. The fourth-order valence-electron chi connectivity index (χ4n) is 1.82. The third-order valence-corrected chi connectivity index (χ3v) is 3.28. The third kappa shape index (κ3) is 4.26. The Hall–Kier alpha value is -2.47. The number of hydrogen-bond acceptors (Lipinski definition) is 5. The molecule has 0 aliphatic carbocycles. The van der Waals surface area contributed by atoms with Gasteiger partial charge in [-0.2, -0.15) is 0 Å². The van der Waals surface area contributed by atoms with Gasteiger partial charge >= 0.3 is 5.97 Å². The van der Waals surface area contributed by atoms with Gasteiger partial charge in [-0.15, -0.1) is 0 Å². The van der Waals surface area contributed by atoms with Gasteiger partial charge < -0.3 is 19.9 Å². The standard InChI is InChI=1S/C16H15ClFNO4/c1-21-15-9-13(19)11(17)8-10(15)16(20)23-7-6-22-14-5-3-2-4-12(14)18/h2-5,8-9H,6-7,19H2,1H3. The fraction of sp³-hybridized carbons (Fsp3) is 0.188. The van der Waals surface area contributed by atoms with Gasteiger partial charge in [-0.1, -0.05) is 23.7 Å². The largest absolute Gasteiger partial charge is 0.496 e. The van der Waals surface area contributed by atoms with Crippen LogP contribution in [0.2, 0.25) is 5.02 Å². The number of rotatable bonds is 6. The zero-order valence-corrected chi connectivity index (χ0v) is 13.1. The summed E-state index contributed by atoms with van der Waals surface area (Å²) in [5, 5.41) is 0.223. The summed E-state index contributed by atoms with van der Waals surface area (Å²) in [6.07, 6.45) is 0. The lowest BCUT2D eigenvalue weighted by Gasteiger charge is -2.11. The SMILES string of the molecule is COc1cc(N)c(Cl)cc1C(=O)OCCOc1ccccc1F. The first-order valence-corrected chi connectivity index (χ1v) is 7.08. The van der Waals surface area contributed by atoms with E-state index in [2.05, 4.69) is 0 Å². The predicted octanol–water partition coefficient (Wildman–Crippen LogP) is 3.31. The highest BCUT2D eigenvalue weighted by Crippen LogP contribution is 2.29. The molecular formula is C16H15ClFNO4. The van der Waals surface area contributed by atoms with Crippen LogP contribution in [-0.2, 0) is 4.74 Å². The number of carbonyl (C=O) groups is 1. The van der Waals surface area contributed by atoms with Gasteiger partial charge in [0, 0.05) is 6.07 Å². The average molecular weight is 340 g/mol. The number of hydrogen-bond donors (Lipinski definition) is 1. The van der Waals surface area contributed by atoms with Crippen LogP contribution in [0.15, 0.2) is 36.4 Å². The van der Waals surface area contributed by atoms with E-state index in [1.165, 1.54) is 31.4 Å². The minimum Gasteiger partial charge on any atom is -0.496 e. The van der Waals surface area contributed by atoms with Crippen molar-refractivity contribution in [3.05, 3.63) is 52.8 Å². The van der Waals surface area contributed by atoms with Gasteiger partial charge in [-0.05, 0) is 18.2 Å². The van der Waals surface area contributed by atoms with Crippen molar-refractivity contribution in [3.8, 4) is 11.5 Å². The molecule has 0 amide bonds. The zero-order valence-electron chi connectivity index (χ0n) is 12.3. The maximum atomic E-state index is 13.3. The van der Waals surface area contributed by atoms with Crippen LogP contribution in [-0.4, -0.2) is 26.3 Å². The van der Waals surface area contributed by atoms with Crippen molar-refractivity contribution in [2.75, 3.05) is 26.1 Å². The lowest BCUT2D eigenvalue weighted by Crippen LogP contribution is -2.14. The maximum absolute atomic E-state index is 13.3. The van der Waals surface area contributed by atoms with Gasteiger partial charge in [-0.25, -0.2) is 9.18 Å². The second-order valence-electron chi connectivity index (χ2n) is 4.49.